The van der Waals surface area contributed by atoms with Gasteiger partial charge in [-0.2, -0.15) is 0 Å². The maximum atomic E-state index is 12.3. The SMILES string of the molecule is Cc1ccc(CNc2ncnc3c(C4CCN(C(=O)OC(C)(C)C)CC4)coc23)cc1. The van der Waals surface area contributed by atoms with Crippen LogP contribution >= 0.6 is 0 Å². The minimum Gasteiger partial charge on any atom is -0.458 e. The number of benzene rings is 1. The highest BCUT2D eigenvalue weighted by Crippen LogP contribution is 2.35. The lowest BCUT2D eigenvalue weighted by molar-refractivity contribution is 0.0205. The Kier molecular flexibility index (Phi) is 5.85. The highest BCUT2D eigenvalue weighted by atomic mass is 16.6. The molecule has 1 saturated heterocycles. The van der Waals surface area contributed by atoms with E-state index in [9.17, 15) is 4.79 Å². The summed E-state index contributed by atoms with van der Waals surface area (Å²) in [5, 5.41) is 3.37. The summed E-state index contributed by atoms with van der Waals surface area (Å²) in [5.41, 5.74) is 4.55. The lowest BCUT2D eigenvalue weighted by Crippen LogP contribution is -2.41. The second-order valence-electron chi connectivity index (χ2n) is 9.17. The number of fused-ring (bicyclic) bond motifs is 1. The number of furan rings is 1. The molecule has 0 bridgehead atoms. The molecule has 1 N–H and O–H groups in total. The van der Waals surface area contributed by atoms with E-state index in [1.807, 2.05) is 20.8 Å². The van der Waals surface area contributed by atoms with Crippen LogP contribution in [0.5, 0.6) is 0 Å². The van der Waals surface area contributed by atoms with Crippen LogP contribution in [0.1, 0.15) is 56.2 Å². The van der Waals surface area contributed by atoms with E-state index in [4.69, 9.17) is 9.15 Å². The number of rotatable bonds is 4. The monoisotopic (exact) mass is 422 g/mol. The van der Waals surface area contributed by atoms with Gasteiger partial charge >= 0.3 is 6.09 Å². The zero-order valence-corrected chi connectivity index (χ0v) is 18.6. The Balaban J connectivity index is 1.43. The molecule has 1 amide bonds. The summed E-state index contributed by atoms with van der Waals surface area (Å²) in [6, 6.07) is 8.40. The molecule has 7 heteroatoms. The van der Waals surface area contributed by atoms with E-state index in [2.05, 4.69) is 46.5 Å². The topological polar surface area (TPSA) is 80.5 Å². The molecule has 1 aliphatic heterocycles. The van der Waals surface area contributed by atoms with E-state index in [1.165, 1.54) is 11.1 Å². The first-order chi connectivity index (χ1) is 14.8. The number of nitrogens with one attached hydrogen (secondary N) is 1. The number of anilines is 1. The standard InChI is InChI=1S/C24H30N4O3/c1-16-5-7-17(8-6-16)13-25-22-21-20(26-15-27-22)19(14-30-21)18-9-11-28(12-10-18)23(29)31-24(2,3)4/h5-8,14-15,18H,9-13H2,1-4H3,(H,25,26,27). The van der Waals surface area contributed by atoms with Crippen molar-refractivity contribution in [3.63, 3.8) is 0 Å². The predicted molar refractivity (Wildman–Crippen MR) is 120 cm³/mol. The number of aromatic nitrogens is 2. The maximum absolute atomic E-state index is 12.3. The molecule has 0 unspecified atom stereocenters. The lowest BCUT2D eigenvalue weighted by atomic mass is 9.90. The number of piperidine rings is 1. The van der Waals surface area contributed by atoms with Gasteiger partial charge in [0, 0.05) is 25.2 Å². The molecule has 7 nitrogen and oxygen atoms in total. The number of aryl methyl sites for hydroxylation is 1. The van der Waals surface area contributed by atoms with Gasteiger partial charge in [0.05, 0.1) is 6.26 Å². The van der Waals surface area contributed by atoms with Crippen LogP contribution in [-0.2, 0) is 11.3 Å². The van der Waals surface area contributed by atoms with Gasteiger partial charge in [-0.1, -0.05) is 29.8 Å². The number of hydrogen-bond acceptors (Lipinski definition) is 6. The largest absolute Gasteiger partial charge is 0.458 e. The Bertz CT molecular complexity index is 1040. The fraction of sp³-hybridized carbons (Fsp3) is 0.458. The number of carbonyl (C=O) groups excluding carboxylic acids is 1. The van der Waals surface area contributed by atoms with Gasteiger partial charge in [0.1, 0.15) is 17.4 Å². The quantitative estimate of drug-likeness (QED) is 0.618. The van der Waals surface area contributed by atoms with E-state index in [0.717, 1.165) is 23.9 Å². The molecular formula is C24H30N4O3. The van der Waals surface area contributed by atoms with Crippen LogP contribution in [0.4, 0.5) is 10.6 Å². The molecular weight excluding hydrogens is 392 g/mol. The van der Waals surface area contributed by atoms with Gasteiger partial charge < -0.3 is 19.4 Å². The number of ether oxygens (including phenoxy) is 1. The summed E-state index contributed by atoms with van der Waals surface area (Å²) < 4.78 is 11.4. The molecule has 2 aromatic heterocycles. The van der Waals surface area contributed by atoms with Crippen molar-refractivity contribution in [1.29, 1.82) is 0 Å². The maximum Gasteiger partial charge on any atom is 0.410 e. The fourth-order valence-corrected chi connectivity index (χ4v) is 3.88. The lowest BCUT2D eigenvalue weighted by Gasteiger charge is -2.33. The Labute approximate surface area is 182 Å². The van der Waals surface area contributed by atoms with Gasteiger partial charge in [-0.25, -0.2) is 14.8 Å². The molecule has 4 rings (SSSR count). The van der Waals surface area contributed by atoms with Gasteiger partial charge in [-0.15, -0.1) is 0 Å². The van der Waals surface area contributed by atoms with Crippen molar-refractivity contribution in [3.8, 4) is 0 Å². The van der Waals surface area contributed by atoms with Crippen molar-refractivity contribution < 1.29 is 13.9 Å². The molecule has 1 aromatic carbocycles. The van der Waals surface area contributed by atoms with E-state index in [0.29, 0.717) is 37.0 Å². The Morgan fingerprint density at radius 1 is 1.19 bits per heavy atom. The van der Waals surface area contributed by atoms with Crippen LogP contribution in [0.3, 0.4) is 0 Å². The molecule has 0 atom stereocenters. The van der Waals surface area contributed by atoms with E-state index in [1.54, 1.807) is 17.5 Å². The van der Waals surface area contributed by atoms with Crippen molar-refractivity contribution in [2.75, 3.05) is 18.4 Å². The average Bonchev–Trinajstić information content (AvgIpc) is 3.17. The van der Waals surface area contributed by atoms with Crippen LogP contribution in [0.25, 0.3) is 11.1 Å². The number of hydrogen-bond donors (Lipinski definition) is 1. The molecule has 1 fully saturated rings. The van der Waals surface area contributed by atoms with E-state index < -0.39 is 5.60 Å². The first-order valence-electron chi connectivity index (χ1n) is 10.8. The molecule has 0 spiro atoms. The summed E-state index contributed by atoms with van der Waals surface area (Å²) in [7, 11) is 0. The van der Waals surface area contributed by atoms with Crippen LogP contribution in [0.2, 0.25) is 0 Å². The van der Waals surface area contributed by atoms with Crippen molar-refractivity contribution in [3.05, 3.63) is 53.5 Å². The zero-order valence-electron chi connectivity index (χ0n) is 18.6. The minimum atomic E-state index is -0.479. The van der Waals surface area contributed by atoms with Crippen LogP contribution in [-0.4, -0.2) is 39.7 Å². The summed E-state index contributed by atoms with van der Waals surface area (Å²) >= 11 is 0. The van der Waals surface area contributed by atoms with Gasteiger partial charge in [0.2, 0.25) is 0 Å². The number of amides is 1. The van der Waals surface area contributed by atoms with Crippen LogP contribution < -0.4 is 5.32 Å². The van der Waals surface area contributed by atoms with Gasteiger partial charge in [-0.3, -0.25) is 0 Å². The second-order valence-corrected chi connectivity index (χ2v) is 9.17. The Morgan fingerprint density at radius 3 is 2.58 bits per heavy atom. The van der Waals surface area contributed by atoms with E-state index in [-0.39, 0.29) is 6.09 Å². The van der Waals surface area contributed by atoms with Crippen molar-refractivity contribution in [2.45, 2.75) is 58.6 Å². The smallest absolute Gasteiger partial charge is 0.410 e. The molecule has 0 saturated carbocycles. The Morgan fingerprint density at radius 2 is 1.90 bits per heavy atom. The van der Waals surface area contributed by atoms with Crippen molar-refractivity contribution in [2.24, 2.45) is 0 Å². The molecule has 164 valence electrons. The molecule has 31 heavy (non-hydrogen) atoms. The number of nitrogens with zero attached hydrogens (tertiary/aromatic N) is 3. The molecule has 0 radical (unpaired) electrons. The third kappa shape index (κ3) is 4.98. The average molecular weight is 423 g/mol. The summed E-state index contributed by atoms with van der Waals surface area (Å²) in [5.74, 6) is 0.989. The summed E-state index contributed by atoms with van der Waals surface area (Å²) in [6.07, 6.45) is 4.83. The predicted octanol–water partition coefficient (Wildman–Crippen LogP) is 5.26. The fourth-order valence-electron chi connectivity index (χ4n) is 3.88. The van der Waals surface area contributed by atoms with Gasteiger partial charge in [0.25, 0.3) is 0 Å². The normalized spacial score (nSPS) is 15.3. The van der Waals surface area contributed by atoms with Gasteiger partial charge in [-0.05, 0) is 52.0 Å². The van der Waals surface area contributed by atoms with Gasteiger partial charge in [0.15, 0.2) is 11.4 Å². The molecule has 3 aromatic rings. The third-order valence-corrected chi connectivity index (χ3v) is 5.55. The number of carbonyl (C=O) groups is 1. The van der Waals surface area contributed by atoms with Crippen molar-refractivity contribution >= 4 is 23.0 Å². The second kappa shape index (κ2) is 8.57. The molecule has 1 aliphatic rings. The van der Waals surface area contributed by atoms with E-state index >= 15 is 0 Å². The zero-order chi connectivity index (χ0) is 22.0. The molecule has 3 heterocycles. The highest BCUT2D eigenvalue weighted by Gasteiger charge is 2.29. The van der Waals surface area contributed by atoms with Crippen molar-refractivity contribution in [1.82, 2.24) is 14.9 Å². The number of likely N-dealkylation sites (tertiary alicyclic amines) is 1. The minimum absolute atomic E-state index is 0.243. The summed E-state index contributed by atoms with van der Waals surface area (Å²) in [4.78, 5) is 23.0. The summed E-state index contributed by atoms with van der Waals surface area (Å²) in [6.45, 7) is 9.73. The van der Waals surface area contributed by atoms with Crippen LogP contribution in [0.15, 0.2) is 41.3 Å². The molecule has 0 aliphatic carbocycles. The third-order valence-electron chi connectivity index (χ3n) is 5.55. The first-order valence-corrected chi connectivity index (χ1v) is 10.8. The van der Waals surface area contributed by atoms with Crippen LogP contribution in [0, 0.1) is 6.92 Å². The Hall–Kier alpha value is -3.09. The highest BCUT2D eigenvalue weighted by molar-refractivity contribution is 5.86. The first kappa shape index (κ1) is 21.2.